The lowest BCUT2D eigenvalue weighted by Crippen LogP contribution is -2.33. The molecule has 25 heavy (non-hydrogen) atoms. The highest BCUT2D eigenvalue weighted by molar-refractivity contribution is 7.17. The van der Waals surface area contributed by atoms with Crippen LogP contribution in [-0.2, 0) is 11.3 Å². The summed E-state index contributed by atoms with van der Waals surface area (Å²) in [7, 11) is 0. The maximum Gasteiger partial charge on any atom is 0.341 e. The molecule has 2 N–H and O–H groups in total. The summed E-state index contributed by atoms with van der Waals surface area (Å²) in [5, 5.41) is 0.553. The Kier molecular flexibility index (Phi) is 5.76. The third-order valence-electron chi connectivity index (χ3n) is 4.66. The number of rotatable bonds is 5. The van der Waals surface area contributed by atoms with Crippen molar-refractivity contribution in [1.29, 1.82) is 0 Å². The molecule has 1 atom stereocenters. The molecule has 1 aliphatic heterocycles. The molecule has 134 valence electrons. The van der Waals surface area contributed by atoms with E-state index in [1.165, 1.54) is 24.2 Å². The third kappa shape index (κ3) is 4.05. The van der Waals surface area contributed by atoms with E-state index in [0.29, 0.717) is 17.2 Å². The summed E-state index contributed by atoms with van der Waals surface area (Å²) < 4.78 is 5.27. The summed E-state index contributed by atoms with van der Waals surface area (Å²) in [4.78, 5) is 16.1. The predicted octanol–water partition coefficient (Wildman–Crippen LogP) is 4.41. The van der Waals surface area contributed by atoms with Crippen LogP contribution >= 0.6 is 11.3 Å². The maximum atomic E-state index is 12.5. The molecule has 4 nitrogen and oxygen atoms in total. The zero-order valence-corrected chi connectivity index (χ0v) is 15.8. The molecule has 1 unspecified atom stereocenters. The number of nitrogens with two attached hydrogens (primary N) is 1. The summed E-state index contributed by atoms with van der Waals surface area (Å²) in [5.41, 5.74) is 8.74. The van der Waals surface area contributed by atoms with Gasteiger partial charge in [-0.15, -0.1) is 11.3 Å². The van der Waals surface area contributed by atoms with Gasteiger partial charge >= 0.3 is 5.97 Å². The fourth-order valence-corrected chi connectivity index (χ4v) is 4.68. The van der Waals surface area contributed by atoms with Crippen LogP contribution in [0.15, 0.2) is 30.3 Å². The number of esters is 1. The van der Waals surface area contributed by atoms with Crippen molar-refractivity contribution in [3.63, 3.8) is 0 Å². The highest BCUT2D eigenvalue weighted by Gasteiger charge is 2.26. The number of carbonyl (C=O) groups is 1. The fourth-order valence-electron chi connectivity index (χ4n) is 3.56. The fraction of sp³-hybridized carbons (Fsp3) is 0.450. The summed E-state index contributed by atoms with van der Waals surface area (Å²) in [6.07, 6.45) is 2.52. The first kappa shape index (κ1) is 18.0. The summed E-state index contributed by atoms with van der Waals surface area (Å²) in [5.74, 6) is 0.393. The molecule has 2 aromatic rings. The molecule has 0 amide bonds. The van der Waals surface area contributed by atoms with Gasteiger partial charge in [0.2, 0.25) is 0 Å². The number of thiophene rings is 1. The minimum absolute atomic E-state index is 0.326. The molecule has 1 aliphatic rings. The topological polar surface area (TPSA) is 55.6 Å². The Morgan fingerprint density at radius 3 is 2.80 bits per heavy atom. The van der Waals surface area contributed by atoms with Crippen LogP contribution in [-0.4, -0.2) is 30.6 Å². The zero-order valence-electron chi connectivity index (χ0n) is 15.0. The van der Waals surface area contributed by atoms with Gasteiger partial charge in [0.15, 0.2) is 0 Å². The second-order valence-electron chi connectivity index (χ2n) is 6.71. The van der Waals surface area contributed by atoms with E-state index in [1.54, 1.807) is 0 Å². The van der Waals surface area contributed by atoms with Gasteiger partial charge in [0.05, 0.1) is 6.61 Å². The maximum absolute atomic E-state index is 12.5. The van der Waals surface area contributed by atoms with Gasteiger partial charge in [-0.2, -0.15) is 0 Å². The Morgan fingerprint density at radius 2 is 2.12 bits per heavy atom. The zero-order chi connectivity index (χ0) is 17.8. The monoisotopic (exact) mass is 358 g/mol. The lowest BCUT2D eigenvalue weighted by atomic mass is 9.98. The molecule has 0 radical (unpaired) electrons. The molecule has 1 aromatic carbocycles. The lowest BCUT2D eigenvalue weighted by Gasteiger charge is -2.30. The van der Waals surface area contributed by atoms with Gasteiger partial charge in [-0.25, -0.2) is 4.79 Å². The first-order valence-corrected chi connectivity index (χ1v) is 9.77. The first-order chi connectivity index (χ1) is 12.1. The average Bonchev–Trinajstić information content (AvgIpc) is 2.92. The van der Waals surface area contributed by atoms with E-state index in [9.17, 15) is 4.79 Å². The number of carbonyl (C=O) groups excluding carboxylic acids is 1. The molecule has 2 heterocycles. The third-order valence-corrected chi connectivity index (χ3v) is 5.66. The minimum atomic E-state index is -0.326. The molecule has 0 aliphatic carbocycles. The normalized spacial score (nSPS) is 18.2. The number of anilines is 1. The van der Waals surface area contributed by atoms with Crippen molar-refractivity contribution in [2.24, 2.45) is 5.92 Å². The van der Waals surface area contributed by atoms with Crippen LogP contribution in [0.4, 0.5) is 5.00 Å². The van der Waals surface area contributed by atoms with Crippen molar-refractivity contribution in [3.8, 4) is 11.1 Å². The smallest absolute Gasteiger partial charge is 0.341 e. The first-order valence-electron chi connectivity index (χ1n) is 8.96. The largest absolute Gasteiger partial charge is 0.462 e. The van der Waals surface area contributed by atoms with Crippen molar-refractivity contribution in [3.05, 3.63) is 40.8 Å². The van der Waals surface area contributed by atoms with E-state index in [4.69, 9.17) is 10.5 Å². The molecule has 1 aromatic heterocycles. The molecular weight excluding hydrogens is 332 g/mol. The number of hydrogen-bond acceptors (Lipinski definition) is 5. The number of likely N-dealkylation sites (tertiary alicyclic amines) is 1. The van der Waals surface area contributed by atoms with Gasteiger partial charge in [0.1, 0.15) is 10.6 Å². The standard InChI is InChI=1S/C20H26N2O2S/c1-3-24-20(23)18-17(15-9-5-4-6-10-15)16(25-19(18)21)13-22-11-7-8-14(2)12-22/h4-6,9-10,14H,3,7-8,11-13,21H2,1-2H3. The molecule has 1 fully saturated rings. The summed E-state index contributed by atoms with van der Waals surface area (Å²) >= 11 is 1.52. The van der Waals surface area contributed by atoms with Crippen LogP contribution in [0.3, 0.4) is 0 Å². The van der Waals surface area contributed by atoms with Crippen LogP contribution in [0.5, 0.6) is 0 Å². The van der Waals surface area contributed by atoms with Crippen molar-refractivity contribution >= 4 is 22.3 Å². The Morgan fingerprint density at radius 1 is 1.36 bits per heavy atom. The second kappa shape index (κ2) is 8.02. The van der Waals surface area contributed by atoms with Gasteiger partial charge in [0, 0.05) is 23.5 Å². The number of benzene rings is 1. The van der Waals surface area contributed by atoms with Crippen molar-refractivity contribution in [2.45, 2.75) is 33.2 Å². The molecule has 0 saturated carbocycles. The van der Waals surface area contributed by atoms with Gasteiger partial charge in [-0.1, -0.05) is 37.3 Å². The SMILES string of the molecule is CCOC(=O)c1c(N)sc(CN2CCCC(C)C2)c1-c1ccccc1. The minimum Gasteiger partial charge on any atom is -0.462 e. The molecule has 1 saturated heterocycles. The number of nitrogen functional groups attached to an aromatic ring is 1. The van der Waals surface area contributed by atoms with Crippen LogP contribution in [0, 0.1) is 5.92 Å². The number of hydrogen-bond donors (Lipinski definition) is 1. The molecular formula is C20H26N2O2S. The Labute approximate surface area is 153 Å². The number of piperidine rings is 1. The quantitative estimate of drug-likeness (QED) is 0.805. The van der Waals surface area contributed by atoms with E-state index in [0.717, 1.165) is 41.6 Å². The lowest BCUT2D eigenvalue weighted by molar-refractivity contribution is 0.0529. The van der Waals surface area contributed by atoms with Crippen LogP contribution in [0.25, 0.3) is 11.1 Å². The van der Waals surface area contributed by atoms with Gasteiger partial charge in [0.25, 0.3) is 0 Å². The van der Waals surface area contributed by atoms with E-state index >= 15 is 0 Å². The number of nitrogens with zero attached hydrogens (tertiary/aromatic N) is 1. The Hall–Kier alpha value is -1.85. The van der Waals surface area contributed by atoms with Crippen LogP contribution < -0.4 is 5.73 Å². The van der Waals surface area contributed by atoms with E-state index < -0.39 is 0 Å². The Balaban J connectivity index is 1.99. The van der Waals surface area contributed by atoms with Crippen molar-refractivity contribution in [1.82, 2.24) is 4.90 Å². The van der Waals surface area contributed by atoms with E-state index in [-0.39, 0.29) is 5.97 Å². The van der Waals surface area contributed by atoms with Crippen molar-refractivity contribution in [2.75, 3.05) is 25.4 Å². The molecule has 0 bridgehead atoms. The molecule has 0 spiro atoms. The van der Waals surface area contributed by atoms with Crippen LogP contribution in [0.2, 0.25) is 0 Å². The van der Waals surface area contributed by atoms with Gasteiger partial charge in [-0.05, 0) is 37.8 Å². The van der Waals surface area contributed by atoms with Crippen LogP contribution in [0.1, 0.15) is 41.9 Å². The van der Waals surface area contributed by atoms with Gasteiger partial charge in [-0.3, -0.25) is 4.90 Å². The molecule has 5 heteroatoms. The average molecular weight is 359 g/mol. The van der Waals surface area contributed by atoms with E-state index in [2.05, 4.69) is 11.8 Å². The second-order valence-corrected chi connectivity index (χ2v) is 7.85. The summed E-state index contributed by atoms with van der Waals surface area (Å²) in [6.45, 7) is 7.51. The summed E-state index contributed by atoms with van der Waals surface area (Å²) in [6, 6.07) is 10.0. The van der Waals surface area contributed by atoms with Gasteiger partial charge < -0.3 is 10.5 Å². The Bertz CT molecular complexity index is 727. The predicted molar refractivity (Wildman–Crippen MR) is 104 cm³/mol. The number of ether oxygens (including phenoxy) is 1. The molecule has 3 rings (SSSR count). The van der Waals surface area contributed by atoms with E-state index in [1.807, 2.05) is 37.3 Å². The highest BCUT2D eigenvalue weighted by atomic mass is 32.1. The van der Waals surface area contributed by atoms with Crippen molar-refractivity contribution < 1.29 is 9.53 Å². The highest BCUT2D eigenvalue weighted by Crippen LogP contribution is 2.40.